The molecule has 3 nitrogen and oxygen atoms in total. The van der Waals surface area contributed by atoms with Gasteiger partial charge < -0.3 is 4.74 Å². The molecule has 0 bridgehead atoms. The van der Waals surface area contributed by atoms with Crippen molar-refractivity contribution in [3.8, 4) is 0 Å². The molecule has 0 aromatic carbocycles. The lowest BCUT2D eigenvalue weighted by molar-refractivity contribution is -0.150. The molecule has 0 aromatic heterocycles. The Bertz CT molecular complexity index is 214. The van der Waals surface area contributed by atoms with E-state index in [1.807, 2.05) is 6.92 Å². The summed E-state index contributed by atoms with van der Waals surface area (Å²) in [6, 6.07) is 0.637. The van der Waals surface area contributed by atoms with Gasteiger partial charge in [0.15, 0.2) is 0 Å². The van der Waals surface area contributed by atoms with Crippen molar-refractivity contribution in [1.82, 2.24) is 4.90 Å². The summed E-state index contributed by atoms with van der Waals surface area (Å²) in [5.41, 5.74) is 0. The predicted octanol–water partition coefficient (Wildman–Crippen LogP) is 2.59. The molecule has 1 aliphatic rings. The van der Waals surface area contributed by atoms with Gasteiger partial charge in [0, 0.05) is 6.04 Å². The summed E-state index contributed by atoms with van der Waals surface area (Å²) in [5.74, 6) is -0.0234. The second kappa shape index (κ2) is 6.89. The Kier molecular flexibility index (Phi) is 5.81. The number of esters is 1. The SMILES string of the molecule is CCCC(C(=O)OCC)N(CCC)C1CC1. The lowest BCUT2D eigenvalue weighted by Gasteiger charge is -2.29. The molecule has 1 unspecified atom stereocenters. The summed E-state index contributed by atoms with van der Waals surface area (Å²) >= 11 is 0. The van der Waals surface area contributed by atoms with Crippen molar-refractivity contribution in [2.75, 3.05) is 13.2 Å². The van der Waals surface area contributed by atoms with E-state index >= 15 is 0 Å². The van der Waals surface area contributed by atoms with E-state index in [4.69, 9.17) is 4.74 Å². The van der Waals surface area contributed by atoms with Crippen LogP contribution in [0.25, 0.3) is 0 Å². The van der Waals surface area contributed by atoms with Crippen LogP contribution >= 0.6 is 0 Å². The van der Waals surface area contributed by atoms with E-state index < -0.39 is 0 Å². The smallest absolute Gasteiger partial charge is 0.323 e. The minimum Gasteiger partial charge on any atom is -0.465 e. The Morgan fingerprint density at radius 3 is 2.44 bits per heavy atom. The summed E-state index contributed by atoms with van der Waals surface area (Å²) in [7, 11) is 0. The average Bonchev–Trinajstić information content (AvgIpc) is 3.07. The number of hydrogen-bond acceptors (Lipinski definition) is 3. The van der Waals surface area contributed by atoms with E-state index in [2.05, 4.69) is 18.7 Å². The molecule has 0 heterocycles. The van der Waals surface area contributed by atoms with Gasteiger partial charge in [0.25, 0.3) is 0 Å². The van der Waals surface area contributed by atoms with Gasteiger partial charge in [-0.25, -0.2) is 0 Å². The number of ether oxygens (including phenoxy) is 1. The molecule has 1 aliphatic carbocycles. The fourth-order valence-corrected chi connectivity index (χ4v) is 2.19. The van der Waals surface area contributed by atoms with E-state index in [0.717, 1.165) is 25.8 Å². The molecule has 16 heavy (non-hydrogen) atoms. The van der Waals surface area contributed by atoms with Crippen molar-refractivity contribution in [3.63, 3.8) is 0 Å². The number of carbonyl (C=O) groups excluding carboxylic acids is 1. The maximum Gasteiger partial charge on any atom is 0.323 e. The molecule has 1 saturated carbocycles. The highest BCUT2D eigenvalue weighted by molar-refractivity contribution is 5.75. The minimum absolute atomic E-state index is 0.00241. The second-order valence-corrected chi connectivity index (χ2v) is 4.53. The van der Waals surface area contributed by atoms with E-state index in [9.17, 15) is 4.79 Å². The van der Waals surface area contributed by atoms with E-state index in [-0.39, 0.29) is 12.0 Å². The molecule has 0 aliphatic heterocycles. The topological polar surface area (TPSA) is 29.5 Å². The fourth-order valence-electron chi connectivity index (χ4n) is 2.19. The summed E-state index contributed by atoms with van der Waals surface area (Å²) in [6.45, 7) is 7.69. The van der Waals surface area contributed by atoms with Crippen LogP contribution in [-0.2, 0) is 9.53 Å². The van der Waals surface area contributed by atoms with Crippen LogP contribution in [0.5, 0.6) is 0 Å². The van der Waals surface area contributed by atoms with Crippen LogP contribution in [0.2, 0.25) is 0 Å². The van der Waals surface area contributed by atoms with Crippen LogP contribution in [0.1, 0.15) is 52.9 Å². The molecule has 1 fully saturated rings. The fraction of sp³-hybridized carbons (Fsp3) is 0.923. The van der Waals surface area contributed by atoms with Gasteiger partial charge in [0.2, 0.25) is 0 Å². The molecule has 1 rings (SSSR count). The monoisotopic (exact) mass is 227 g/mol. The molecule has 0 radical (unpaired) electrons. The Morgan fingerprint density at radius 2 is 2.00 bits per heavy atom. The number of hydrogen-bond donors (Lipinski definition) is 0. The van der Waals surface area contributed by atoms with Gasteiger partial charge in [-0.3, -0.25) is 9.69 Å². The highest BCUT2D eigenvalue weighted by atomic mass is 16.5. The first kappa shape index (κ1) is 13.5. The highest BCUT2D eigenvalue weighted by Gasteiger charge is 2.36. The lowest BCUT2D eigenvalue weighted by Crippen LogP contribution is -2.44. The molecule has 1 atom stereocenters. The Morgan fingerprint density at radius 1 is 1.31 bits per heavy atom. The summed E-state index contributed by atoms with van der Waals surface area (Å²) in [6.07, 6.45) is 5.57. The van der Waals surface area contributed by atoms with Crippen LogP contribution in [0.15, 0.2) is 0 Å². The van der Waals surface area contributed by atoms with Gasteiger partial charge in [0.05, 0.1) is 6.61 Å². The normalized spacial score (nSPS) is 17.5. The maximum atomic E-state index is 11.9. The largest absolute Gasteiger partial charge is 0.465 e. The molecular formula is C13H25NO2. The summed E-state index contributed by atoms with van der Waals surface area (Å²) in [5, 5.41) is 0. The van der Waals surface area contributed by atoms with Crippen LogP contribution in [0.3, 0.4) is 0 Å². The Balaban J connectivity index is 2.59. The molecular weight excluding hydrogens is 202 g/mol. The number of carbonyl (C=O) groups is 1. The molecule has 0 spiro atoms. The van der Waals surface area contributed by atoms with E-state index in [1.54, 1.807) is 0 Å². The van der Waals surface area contributed by atoms with Gasteiger partial charge in [-0.1, -0.05) is 20.3 Å². The van der Waals surface area contributed by atoms with Gasteiger partial charge >= 0.3 is 5.97 Å². The molecule has 0 amide bonds. The van der Waals surface area contributed by atoms with Crippen LogP contribution in [-0.4, -0.2) is 36.1 Å². The van der Waals surface area contributed by atoms with Crippen LogP contribution in [0.4, 0.5) is 0 Å². The van der Waals surface area contributed by atoms with Crippen molar-refractivity contribution in [1.29, 1.82) is 0 Å². The molecule has 0 saturated heterocycles. The lowest BCUT2D eigenvalue weighted by atomic mass is 10.1. The van der Waals surface area contributed by atoms with Crippen molar-refractivity contribution in [3.05, 3.63) is 0 Å². The third-order valence-corrected chi connectivity index (χ3v) is 3.02. The first-order chi connectivity index (χ1) is 7.74. The van der Waals surface area contributed by atoms with Crippen LogP contribution < -0.4 is 0 Å². The first-order valence-corrected chi connectivity index (χ1v) is 6.66. The number of rotatable bonds is 8. The van der Waals surface area contributed by atoms with Crippen molar-refractivity contribution < 1.29 is 9.53 Å². The minimum atomic E-state index is -0.0234. The second-order valence-electron chi connectivity index (χ2n) is 4.53. The van der Waals surface area contributed by atoms with Crippen molar-refractivity contribution >= 4 is 5.97 Å². The highest BCUT2D eigenvalue weighted by Crippen LogP contribution is 2.30. The van der Waals surface area contributed by atoms with Gasteiger partial charge in [-0.15, -0.1) is 0 Å². The van der Waals surface area contributed by atoms with Gasteiger partial charge in [-0.2, -0.15) is 0 Å². The van der Waals surface area contributed by atoms with Gasteiger partial charge in [0.1, 0.15) is 6.04 Å². The molecule has 0 aromatic rings. The quantitative estimate of drug-likeness (QED) is 0.597. The maximum absolute atomic E-state index is 11.9. The molecule has 3 heteroatoms. The van der Waals surface area contributed by atoms with Crippen LogP contribution in [0, 0.1) is 0 Å². The third-order valence-electron chi connectivity index (χ3n) is 3.02. The third kappa shape index (κ3) is 3.78. The average molecular weight is 227 g/mol. The van der Waals surface area contributed by atoms with Crippen molar-refractivity contribution in [2.24, 2.45) is 0 Å². The summed E-state index contributed by atoms with van der Waals surface area (Å²) < 4.78 is 5.18. The zero-order chi connectivity index (χ0) is 12.0. The number of nitrogens with zero attached hydrogens (tertiary/aromatic N) is 1. The van der Waals surface area contributed by atoms with E-state index in [0.29, 0.717) is 12.6 Å². The molecule has 0 N–H and O–H groups in total. The first-order valence-electron chi connectivity index (χ1n) is 6.66. The van der Waals surface area contributed by atoms with Gasteiger partial charge in [-0.05, 0) is 39.2 Å². The molecule has 94 valence electrons. The predicted molar refractivity (Wildman–Crippen MR) is 65.3 cm³/mol. The zero-order valence-corrected chi connectivity index (χ0v) is 10.9. The Labute approximate surface area is 99.1 Å². The standard InChI is InChI=1S/C13H25NO2/c1-4-7-12(13(15)16-6-3)14(10-5-2)11-8-9-11/h11-12H,4-10H2,1-3H3. The zero-order valence-electron chi connectivity index (χ0n) is 10.9. The van der Waals surface area contributed by atoms with E-state index in [1.165, 1.54) is 12.8 Å². The van der Waals surface area contributed by atoms with Crippen molar-refractivity contribution in [2.45, 2.75) is 65.0 Å². The Hall–Kier alpha value is -0.570. The summed E-state index contributed by atoms with van der Waals surface area (Å²) in [4.78, 5) is 14.3.